The third-order valence-electron chi connectivity index (χ3n) is 5.91. The zero-order chi connectivity index (χ0) is 31.1. The second-order valence-corrected chi connectivity index (χ2v) is 8.75. The monoisotopic (exact) mass is 591 g/mol. The van der Waals surface area contributed by atoms with Crippen LogP contribution >= 0.6 is 0 Å². The fourth-order valence-electron chi connectivity index (χ4n) is 3.77. The lowest BCUT2D eigenvalue weighted by Crippen LogP contribution is -2.29. The van der Waals surface area contributed by atoms with Gasteiger partial charge in [-0.25, -0.2) is 0 Å². The third-order valence-corrected chi connectivity index (χ3v) is 5.91. The number of hydrogen-bond acceptors (Lipinski definition) is 7. The van der Waals surface area contributed by atoms with Crippen LogP contribution in [0.5, 0.6) is 0 Å². The Morgan fingerprint density at radius 1 is 0.643 bits per heavy atom. The van der Waals surface area contributed by atoms with Crippen LogP contribution in [0.4, 0.5) is 38.2 Å². The normalized spacial score (nSPS) is 12.7. The molecule has 0 fully saturated rings. The van der Waals surface area contributed by atoms with Crippen molar-refractivity contribution in [3.05, 3.63) is 90.0 Å². The van der Waals surface area contributed by atoms with E-state index in [1.807, 2.05) is 0 Å². The van der Waals surface area contributed by atoms with E-state index in [0.717, 1.165) is 12.4 Å². The van der Waals surface area contributed by atoms with Crippen molar-refractivity contribution in [1.29, 1.82) is 0 Å². The van der Waals surface area contributed by atoms with Crippen molar-refractivity contribution in [2.45, 2.75) is 39.5 Å². The number of halogens is 6. The standard InChI is InChI=1S/C29H27F6N5O2/c1-4-23-36-26(39(5-2)17-21(24(41)28(30,31)32)19-13-9-7-10-14-19)38-27(37-23)40(6-3)18-22(25(42)29(33,34)35)20-15-11-8-12-16-20/h7-18H,4-6H2,1-3H3/b21-17+,22-18+. The summed E-state index contributed by atoms with van der Waals surface area (Å²) in [6.45, 7) is 4.94. The van der Waals surface area contributed by atoms with Crippen molar-refractivity contribution in [1.82, 2.24) is 15.0 Å². The molecule has 7 nitrogen and oxygen atoms in total. The minimum atomic E-state index is -5.16. The Labute approximate surface area is 238 Å². The Balaban J connectivity index is 2.18. The molecule has 1 aromatic heterocycles. The topological polar surface area (TPSA) is 79.3 Å². The van der Waals surface area contributed by atoms with E-state index in [4.69, 9.17) is 0 Å². The van der Waals surface area contributed by atoms with E-state index in [1.165, 1.54) is 58.3 Å². The zero-order valence-corrected chi connectivity index (χ0v) is 22.9. The van der Waals surface area contributed by atoms with Crippen LogP contribution in [0.3, 0.4) is 0 Å². The maximum Gasteiger partial charge on any atom is 0.454 e. The van der Waals surface area contributed by atoms with E-state index in [2.05, 4.69) is 15.0 Å². The predicted octanol–water partition coefficient (Wildman–Crippen LogP) is 6.43. The van der Waals surface area contributed by atoms with E-state index in [-0.39, 0.29) is 48.4 Å². The molecule has 3 rings (SSSR count). The summed E-state index contributed by atoms with van der Waals surface area (Å²) in [5.41, 5.74) is -1.28. The Bertz CT molecular complexity index is 1350. The first kappa shape index (κ1) is 32.0. The molecule has 0 aliphatic carbocycles. The molecule has 13 heteroatoms. The SMILES string of the molecule is CCc1nc(N(/C=C(/C(=O)C(F)(F)F)c2ccccc2)CC)nc(N(/C=C(/C(=O)C(F)(F)F)c2ccccc2)CC)n1. The van der Waals surface area contributed by atoms with Crippen LogP contribution in [0.1, 0.15) is 37.7 Å². The molecular formula is C29H27F6N5O2. The number of nitrogens with zero attached hydrogens (tertiary/aromatic N) is 5. The largest absolute Gasteiger partial charge is 0.454 e. The number of aromatic nitrogens is 3. The van der Waals surface area contributed by atoms with Crippen LogP contribution < -0.4 is 9.80 Å². The van der Waals surface area contributed by atoms with Crippen molar-refractivity contribution < 1.29 is 35.9 Å². The lowest BCUT2D eigenvalue weighted by molar-refractivity contribution is -0.164. The second-order valence-electron chi connectivity index (χ2n) is 8.75. The molecule has 0 aliphatic heterocycles. The highest BCUT2D eigenvalue weighted by Gasteiger charge is 2.42. The lowest BCUT2D eigenvalue weighted by atomic mass is 10.0. The average molecular weight is 592 g/mol. The number of hydrogen-bond donors (Lipinski definition) is 0. The summed E-state index contributed by atoms with van der Waals surface area (Å²) < 4.78 is 81.1. The summed E-state index contributed by atoms with van der Waals surface area (Å²) in [5, 5.41) is 0. The number of anilines is 2. The predicted molar refractivity (Wildman–Crippen MR) is 146 cm³/mol. The minimum Gasteiger partial charge on any atom is -0.317 e. The number of allylic oxidation sites excluding steroid dienone is 2. The van der Waals surface area contributed by atoms with Gasteiger partial charge in [0.2, 0.25) is 11.9 Å². The quantitative estimate of drug-likeness (QED) is 0.188. The molecule has 222 valence electrons. The Kier molecular flexibility index (Phi) is 10.2. The summed E-state index contributed by atoms with van der Waals surface area (Å²) in [6, 6.07) is 14.5. The van der Waals surface area contributed by atoms with Gasteiger partial charge in [-0.1, -0.05) is 67.6 Å². The molecule has 1 heterocycles. The third kappa shape index (κ3) is 7.80. The van der Waals surface area contributed by atoms with Gasteiger partial charge in [-0.15, -0.1) is 0 Å². The van der Waals surface area contributed by atoms with E-state index >= 15 is 0 Å². The van der Waals surface area contributed by atoms with E-state index in [9.17, 15) is 35.9 Å². The number of ketones is 2. The van der Waals surface area contributed by atoms with Gasteiger partial charge in [0.05, 0.1) is 11.1 Å². The maximum absolute atomic E-state index is 13.5. The number of alkyl halides is 6. The van der Waals surface area contributed by atoms with Gasteiger partial charge in [0.15, 0.2) is 0 Å². The molecule has 0 radical (unpaired) electrons. The van der Waals surface area contributed by atoms with Gasteiger partial charge in [0.1, 0.15) is 5.82 Å². The molecule has 0 N–H and O–H groups in total. The molecule has 3 aromatic rings. The fraction of sp³-hybridized carbons (Fsp3) is 0.276. The summed E-state index contributed by atoms with van der Waals surface area (Å²) in [6.07, 6.45) is -8.12. The van der Waals surface area contributed by atoms with Gasteiger partial charge < -0.3 is 9.80 Å². The van der Waals surface area contributed by atoms with Crippen molar-refractivity contribution in [2.24, 2.45) is 0 Å². The molecule has 0 aliphatic rings. The molecule has 0 bridgehead atoms. The summed E-state index contributed by atoms with van der Waals surface area (Å²) >= 11 is 0. The fourth-order valence-corrected chi connectivity index (χ4v) is 3.77. The number of carbonyl (C=O) groups excluding carboxylic acids is 2. The molecule has 0 amide bonds. The average Bonchev–Trinajstić information content (AvgIpc) is 2.97. The molecular weight excluding hydrogens is 564 g/mol. The number of rotatable bonds is 11. The van der Waals surface area contributed by atoms with E-state index in [0.29, 0.717) is 0 Å². The van der Waals surface area contributed by atoms with Crippen molar-refractivity contribution in [2.75, 3.05) is 22.9 Å². The second kappa shape index (κ2) is 13.4. The van der Waals surface area contributed by atoms with Crippen molar-refractivity contribution >= 4 is 34.6 Å². The minimum absolute atomic E-state index is 0.0135. The molecule has 0 spiro atoms. The van der Waals surface area contributed by atoms with Gasteiger partial charge in [-0.05, 0) is 25.0 Å². The molecule has 0 saturated carbocycles. The molecule has 0 saturated heterocycles. The van der Waals surface area contributed by atoms with Crippen LogP contribution in [-0.4, -0.2) is 52.0 Å². The van der Waals surface area contributed by atoms with Crippen LogP contribution in [0.2, 0.25) is 0 Å². The zero-order valence-electron chi connectivity index (χ0n) is 22.9. The van der Waals surface area contributed by atoms with E-state index in [1.54, 1.807) is 32.9 Å². The van der Waals surface area contributed by atoms with Crippen LogP contribution in [0, 0.1) is 0 Å². The summed E-state index contributed by atoms with van der Waals surface area (Å²) in [5.74, 6) is -4.25. The van der Waals surface area contributed by atoms with Crippen LogP contribution in [-0.2, 0) is 16.0 Å². The van der Waals surface area contributed by atoms with E-state index < -0.39 is 35.1 Å². The Morgan fingerprint density at radius 2 is 1.00 bits per heavy atom. The molecule has 0 atom stereocenters. The van der Waals surface area contributed by atoms with Crippen LogP contribution in [0.25, 0.3) is 11.1 Å². The molecule has 42 heavy (non-hydrogen) atoms. The molecule has 2 aromatic carbocycles. The highest BCUT2D eigenvalue weighted by atomic mass is 19.4. The van der Waals surface area contributed by atoms with Gasteiger partial charge in [0.25, 0.3) is 11.6 Å². The first-order valence-electron chi connectivity index (χ1n) is 12.9. The highest BCUT2D eigenvalue weighted by molar-refractivity contribution is 6.24. The van der Waals surface area contributed by atoms with Gasteiger partial charge in [-0.2, -0.15) is 41.3 Å². The number of carbonyl (C=O) groups is 2. The van der Waals surface area contributed by atoms with Crippen molar-refractivity contribution in [3.8, 4) is 0 Å². The molecule has 0 unspecified atom stereocenters. The number of Topliss-reactive ketones (excluding diaryl/α,β-unsaturated/α-hetero) is 2. The van der Waals surface area contributed by atoms with Gasteiger partial charge >= 0.3 is 12.4 Å². The Hall–Kier alpha value is -4.55. The Morgan fingerprint density at radius 3 is 1.29 bits per heavy atom. The summed E-state index contributed by atoms with van der Waals surface area (Å²) in [7, 11) is 0. The van der Waals surface area contributed by atoms with Gasteiger partial charge in [-0.3, -0.25) is 9.59 Å². The highest BCUT2D eigenvalue weighted by Crippen LogP contribution is 2.30. The maximum atomic E-state index is 13.5. The summed E-state index contributed by atoms with van der Waals surface area (Å²) in [4.78, 5) is 40.1. The first-order chi connectivity index (χ1) is 19.8. The van der Waals surface area contributed by atoms with Crippen molar-refractivity contribution in [3.63, 3.8) is 0 Å². The lowest BCUT2D eigenvalue weighted by Gasteiger charge is -2.23. The smallest absolute Gasteiger partial charge is 0.317 e. The first-order valence-corrected chi connectivity index (χ1v) is 12.9. The number of aryl methyl sites for hydroxylation is 1. The van der Waals surface area contributed by atoms with Gasteiger partial charge in [0, 0.05) is 31.9 Å². The van der Waals surface area contributed by atoms with Crippen LogP contribution in [0.15, 0.2) is 73.1 Å². The number of benzene rings is 2.